The van der Waals surface area contributed by atoms with Gasteiger partial charge in [0.1, 0.15) is 0 Å². The van der Waals surface area contributed by atoms with E-state index in [1.54, 1.807) is 60.7 Å². The highest BCUT2D eigenvalue weighted by atomic mass is 31.2. The van der Waals surface area contributed by atoms with Crippen LogP contribution >= 0.6 is 7.60 Å². The first-order chi connectivity index (χ1) is 10.3. The van der Waals surface area contributed by atoms with Gasteiger partial charge in [0.15, 0.2) is 5.16 Å². The monoisotopic (exact) mass is 320 g/mol. The highest BCUT2D eigenvalue weighted by molar-refractivity contribution is 7.54. The third-order valence-corrected chi connectivity index (χ3v) is 5.26. The molecule has 0 saturated carbocycles. The zero-order valence-corrected chi connectivity index (χ0v) is 12.7. The Kier molecular flexibility index (Phi) is 4.81. The summed E-state index contributed by atoms with van der Waals surface area (Å²) in [5.41, 5.74) is 1.15. The molecule has 3 N–H and O–H groups in total. The fourth-order valence-corrected chi connectivity index (χ4v) is 3.44. The number of aliphatic carboxylic acids is 1. The number of carboxylic acid groups (broad SMARTS) is 1. The Hall–Kier alpha value is -1.94. The van der Waals surface area contributed by atoms with Crippen molar-refractivity contribution >= 4 is 13.6 Å². The van der Waals surface area contributed by atoms with Crippen molar-refractivity contribution in [3.63, 3.8) is 0 Å². The van der Waals surface area contributed by atoms with E-state index >= 15 is 0 Å². The van der Waals surface area contributed by atoms with E-state index in [1.165, 1.54) is 0 Å². The van der Waals surface area contributed by atoms with Crippen LogP contribution in [-0.2, 0) is 22.2 Å². The van der Waals surface area contributed by atoms with Gasteiger partial charge in [-0.25, -0.2) is 0 Å². The average molecular weight is 320 g/mol. The summed E-state index contributed by atoms with van der Waals surface area (Å²) in [6.07, 6.45) is -0.468. The molecule has 2 aromatic carbocycles. The van der Waals surface area contributed by atoms with E-state index in [9.17, 15) is 24.3 Å². The number of benzene rings is 2. The Morgan fingerprint density at radius 1 is 0.864 bits per heavy atom. The number of hydrogen-bond acceptors (Lipinski definition) is 2. The Balaban J connectivity index is 2.47. The summed E-state index contributed by atoms with van der Waals surface area (Å²) in [5.74, 6) is -1.49. The minimum Gasteiger partial charge on any atom is -0.480 e. The summed E-state index contributed by atoms with van der Waals surface area (Å²) in [6, 6.07) is 17.0. The summed E-state index contributed by atoms with van der Waals surface area (Å²) < 4.78 is 12.0. The topological polar surface area (TPSA) is 94.8 Å². The molecule has 0 saturated heterocycles. The first-order valence-electron chi connectivity index (χ1n) is 6.72. The van der Waals surface area contributed by atoms with Gasteiger partial charge < -0.3 is 14.9 Å². The summed E-state index contributed by atoms with van der Waals surface area (Å²) in [7, 11) is -4.89. The van der Waals surface area contributed by atoms with Crippen LogP contribution < -0.4 is 0 Å². The normalized spacial score (nSPS) is 12.1. The van der Waals surface area contributed by atoms with Crippen molar-refractivity contribution in [2.45, 2.75) is 18.0 Å². The van der Waals surface area contributed by atoms with Crippen molar-refractivity contribution in [3.8, 4) is 0 Å². The molecule has 6 heteroatoms. The third-order valence-electron chi connectivity index (χ3n) is 3.63. The number of carbonyl (C=O) groups is 1. The largest absolute Gasteiger partial charge is 0.480 e. The van der Waals surface area contributed by atoms with Crippen molar-refractivity contribution in [3.05, 3.63) is 71.8 Å². The molecule has 0 radical (unpaired) electrons. The van der Waals surface area contributed by atoms with Crippen LogP contribution in [0.1, 0.15) is 11.1 Å². The fraction of sp³-hybridized carbons (Fsp3) is 0.188. The predicted octanol–water partition coefficient (Wildman–Crippen LogP) is 2.47. The Labute approximate surface area is 128 Å². The molecule has 0 atom stereocenters. The maximum atomic E-state index is 12.0. The number of rotatable bonds is 6. The van der Waals surface area contributed by atoms with E-state index in [0.29, 0.717) is 11.1 Å². The van der Waals surface area contributed by atoms with Crippen LogP contribution in [0.3, 0.4) is 0 Å². The van der Waals surface area contributed by atoms with E-state index in [1.807, 2.05) is 0 Å². The Morgan fingerprint density at radius 2 is 1.23 bits per heavy atom. The van der Waals surface area contributed by atoms with Crippen LogP contribution in [0.25, 0.3) is 0 Å². The van der Waals surface area contributed by atoms with Gasteiger partial charge in [-0.1, -0.05) is 60.7 Å². The predicted molar refractivity (Wildman–Crippen MR) is 82.7 cm³/mol. The Bertz CT molecular complexity index is 637. The second kappa shape index (κ2) is 6.44. The van der Waals surface area contributed by atoms with Gasteiger partial charge >= 0.3 is 13.6 Å². The molecule has 5 nitrogen and oxygen atoms in total. The summed E-state index contributed by atoms with van der Waals surface area (Å²) in [4.78, 5) is 31.3. The molecule has 0 aliphatic heterocycles. The van der Waals surface area contributed by atoms with Crippen LogP contribution in [0.4, 0.5) is 0 Å². The van der Waals surface area contributed by atoms with Gasteiger partial charge in [-0.3, -0.25) is 9.36 Å². The van der Waals surface area contributed by atoms with Gasteiger partial charge in [-0.05, 0) is 11.1 Å². The SMILES string of the molecule is O=C(O)C(Cc1ccccc1)(Cc1ccccc1)P(=O)(O)O. The molecule has 0 amide bonds. The molecular weight excluding hydrogens is 303 g/mol. The second-order valence-electron chi connectivity index (χ2n) is 5.21. The first kappa shape index (κ1) is 16.4. The fourth-order valence-electron chi connectivity index (χ4n) is 2.41. The lowest BCUT2D eigenvalue weighted by molar-refractivity contribution is -0.140. The summed E-state index contributed by atoms with van der Waals surface area (Å²) in [5, 5.41) is 7.42. The average Bonchev–Trinajstić information content (AvgIpc) is 2.47. The van der Waals surface area contributed by atoms with Crippen LogP contribution in [0.2, 0.25) is 0 Å². The van der Waals surface area contributed by atoms with Gasteiger partial charge in [0.05, 0.1) is 0 Å². The third kappa shape index (κ3) is 3.45. The number of carboxylic acids is 1. The van der Waals surface area contributed by atoms with E-state index in [-0.39, 0.29) is 12.8 Å². The minimum absolute atomic E-state index is 0.234. The quantitative estimate of drug-likeness (QED) is 0.711. The molecule has 0 unspecified atom stereocenters. The molecule has 0 heterocycles. The Morgan fingerprint density at radius 3 is 1.50 bits per heavy atom. The molecule has 2 rings (SSSR count). The highest BCUT2D eigenvalue weighted by Crippen LogP contribution is 2.54. The van der Waals surface area contributed by atoms with E-state index in [4.69, 9.17) is 0 Å². The van der Waals surface area contributed by atoms with Crippen molar-refractivity contribution in [1.82, 2.24) is 0 Å². The van der Waals surface area contributed by atoms with E-state index in [0.717, 1.165) is 0 Å². The van der Waals surface area contributed by atoms with Gasteiger partial charge in [0.25, 0.3) is 0 Å². The maximum Gasteiger partial charge on any atom is 0.343 e. The zero-order valence-electron chi connectivity index (χ0n) is 11.8. The zero-order chi connectivity index (χ0) is 16.2. The smallest absolute Gasteiger partial charge is 0.343 e. The molecule has 0 aliphatic carbocycles. The molecule has 0 fully saturated rings. The minimum atomic E-state index is -4.89. The van der Waals surface area contributed by atoms with E-state index in [2.05, 4.69) is 0 Å². The molecule has 116 valence electrons. The van der Waals surface area contributed by atoms with Crippen LogP contribution in [-0.4, -0.2) is 26.0 Å². The van der Waals surface area contributed by atoms with Gasteiger partial charge in [-0.2, -0.15) is 0 Å². The summed E-state index contributed by atoms with van der Waals surface area (Å²) in [6.45, 7) is 0. The molecule has 0 aromatic heterocycles. The van der Waals surface area contributed by atoms with Crippen molar-refractivity contribution in [2.24, 2.45) is 0 Å². The van der Waals surface area contributed by atoms with E-state index < -0.39 is 18.7 Å². The van der Waals surface area contributed by atoms with Crippen LogP contribution in [0, 0.1) is 0 Å². The molecular formula is C16H17O5P. The molecule has 0 aliphatic rings. The first-order valence-corrected chi connectivity index (χ1v) is 8.33. The van der Waals surface area contributed by atoms with Crippen molar-refractivity contribution < 1.29 is 24.3 Å². The standard InChI is InChI=1S/C16H17O5P/c17-15(18)16(22(19,20)21,11-13-7-3-1-4-8-13)12-14-9-5-2-6-10-14/h1-10H,11-12H2,(H,17,18)(H2,19,20,21). The lowest BCUT2D eigenvalue weighted by Crippen LogP contribution is -2.43. The summed E-state index contributed by atoms with van der Waals surface area (Å²) >= 11 is 0. The lowest BCUT2D eigenvalue weighted by atomic mass is 9.91. The molecule has 0 bridgehead atoms. The molecule has 22 heavy (non-hydrogen) atoms. The van der Waals surface area contributed by atoms with Gasteiger partial charge in [0, 0.05) is 12.8 Å². The highest BCUT2D eigenvalue weighted by Gasteiger charge is 2.53. The van der Waals surface area contributed by atoms with Crippen LogP contribution in [0.15, 0.2) is 60.7 Å². The van der Waals surface area contributed by atoms with Crippen molar-refractivity contribution in [2.75, 3.05) is 0 Å². The molecule has 2 aromatic rings. The van der Waals surface area contributed by atoms with Crippen LogP contribution in [0.5, 0.6) is 0 Å². The van der Waals surface area contributed by atoms with Crippen molar-refractivity contribution in [1.29, 1.82) is 0 Å². The second-order valence-corrected chi connectivity index (χ2v) is 7.15. The van der Waals surface area contributed by atoms with Gasteiger partial charge in [-0.15, -0.1) is 0 Å². The number of hydrogen-bond donors (Lipinski definition) is 3. The lowest BCUT2D eigenvalue weighted by Gasteiger charge is -2.30. The molecule has 0 spiro atoms. The maximum absolute atomic E-state index is 12.0. The van der Waals surface area contributed by atoms with Gasteiger partial charge in [0.2, 0.25) is 0 Å².